The fourth-order valence-electron chi connectivity index (χ4n) is 2.73. The normalized spacial score (nSPS) is 17.4. The zero-order valence-corrected chi connectivity index (χ0v) is 13.5. The van der Waals surface area contributed by atoms with E-state index >= 15 is 0 Å². The first kappa shape index (κ1) is 15.9. The first-order chi connectivity index (χ1) is 9.83. The van der Waals surface area contributed by atoms with Crippen molar-refractivity contribution in [2.75, 3.05) is 7.05 Å². The minimum absolute atomic E-state index is 0.0755. The zero-order chi connectivity index (χ0) is 15.8. The summed E-state index contributed by atoms with van der Waals surface area (Å²) in [6.45, 7) is 5.61. The number of hydroxylamine groups is 1. The summed E-state index contributed by atoms with van der Waals surface area (Å²) in [7, 11) is 1.62. The third-order valence-corrected chi connectivity index (χ3v) is 5.12. The Morgan fingerprint density at radius 3 is 2.48 bits per heavy atom. The smallest absolute Gasteiger partial charge is 0.266 e. The molecule has 0 radical (unpaired) electrons. The van der Waals surface area contributed by atoms with Gasteiger partial charge in [0.05, 0.1) is 10.4 Å². The van der Waals surface area contributed by atoms with Crippen molar-refractivity contribution in [1.82, 2.24) is 15.4 Å². The molecule has 7 heteroatoms. The average molecular weight is 311 g/mol. The number of likely N-dealkylation sites (N-methyl/N-ethyl adjacent to an activating group) is 1. The van der Waals surface area contributed by atoms with E-state index in [4.69, 9.17) is 5.21 Å². The lowest BCUT2D eigenvalue weighted by molar-refractivity contribution is -0.146. The van der Waals surface area contributed by atoms with Gasteiger partial charge in [-0.3, -0.25) is 14.8 Å². The fraction of sp³-hybridized carbons (Fsp3) is 0.643. The molecule has 1 heterocycles. The number of carbonyl (C=O) groups excluding carboxylic acids is 2. The van der Waals surface area contributed by atoms with Gasteiger partial charge < -0.3 is 4.90 Å². The van der Waals surface area contributed by atoms with E-state index in [1.165, 1.54) is 16.2 Å². The summed E-state index contributed by atoms with van der Waals surface area (Å²) < 4.78 is 0. The number of hydrogen-bond acceptors (Lipinski definition) is 5. The average Bonchev–Trinajstić information content (AvgIpc) is 3.13. The van der Waals surface area contributed by atoms with E-state index in [0.29, 0.717) is 0 Å². The predicted octanol–water partition coefficient (Wildman–Crippen LogP) is 1.47. The van der Waals surface area contributed by atoms with Crippen LogP contribution < -0.4 is 5.48 Å². The minimum atomic E-state index is -0.686. The Bertz CT molecular complexity index is 551. The molecule has 6 nitrogen and oxygen atoms in total. The van der Waals surface area contributed by atoms with Gasteiger partial charge >= 0.3 is 0 Å². The summed E-state index contributed by atoms with van der Waals surface area (Å²) >= 11 is 1.53. The maximum atomic E-state index is 12.8. The summed E-state index contributed by atoms with van der Waals surface area (Å²) in [5.74, 6) is -0.726. The third-order valence-electron chi connectivity index (χ3n) is 4.00. The maximum absolute atomic E-state index is 12.8. The van der Waals surface area contributed by atoms with Gasteiger partial charge in [0.15, 0.2) is 0 Å². The van der Waals surface area contributed by atoms with Crippen LogP contribution in [-0.2, 0) is 15.0 Å². The number of nitrogens with zero attached hydrogens (tertiary/aromatic N) is 2. The molecular formula is C14H21N3O3S. The van der Waals surface area contributed by atoms with Crippen molar-refractivity contribution in [3.8, 4) is 0 Å². The molecule has 0 unspecified atom stereocenters. The van der Waals surface area contributed by atoms with Gasteiger partial charge in [0.1, 0.15) is 6.04 Å². The minimum Gasteiger partial charge on any atom is -0.333 e. The lowest BCUT2D eigenvalue weighted by Crippen LogP contribution is -2.52. The molecule has 1 atom stereocenters. The predicted molar refractivity (Wildman–Crippen MR) is 79.1 cm³/mol. The second-order valence-electron chi connectivity index (χ2n) is 5.91. The van der Waals surface area contributed by atoms with Crippen molar-refractivity contribution in [2.24, 2.45) is 5.92 Å². The number of amides is 2. The first-order valence-corrected chi connectivity index (χ1v) is 7.79. The summed E-state index contributed by atoms with van der Waals surface area (Å²) in [5.41, 5.74) is 1.13. The first-order valence-electron chi connectivity index (χ1n) is 6.97. The lowest BCUT2D eigenvalue weighted by Gasteiger charge is -2.32. The highest BCUT2D eigenvalue weighted by Crippen LogP contribution is 2.51. The van der Waals surface area contributed by atoms with Gasteiger partial charge in [0.25, 0.3) is 5.91 Å². The number of aryl methyl sites for hydroxylation is 1. The largest absolute Gasteiger partial charge is 0.333 e. The summed E-state index contributed by atoms with van der Waals surface area (Å²) in [6, 6.07) is -0.686. The third kappa shape index (κ3) is 2.80. The monoisotopic (exact) mass is 311 g/mol. The van der Waals surface area contributed by atoms with Crippen LogP contribution in [0.15, 0.2) is 6.20 Å². The van der Waals surface area contributed by atoms with Crippen molar-refractivity contribution < 1.29 is 14.8 Å². The van der Waals surface area contributed by atoms with Crippen LogP contribution in [0.25, 0.3) is 0 Å². The standard InChI is InChI=1S/C14H21N3O3S/c1-8(2)11(12(18)16-20)17(4)13(19)14(5-6-14)10-7-15-9(3)21-10/h7-8,11,20H,5-6H2,1-4H3,(H,16,18)/t11-/m1/s1. The molecule has 0 bridgehead atoms. The highest BCUT2D eigenvalue weighted by Gasteiger charge is 2.55. The molecule has 116 valence electrons. The van der Waals surface area contributed by atoms with Crippen LogP contribution in [0.3, 0.4) is 0 Å². The highest BCUT2D eigenvalue weighted by atomic mass is 32.1. The van der Waals surface area contributed by atoms with E-state index in [1.54, 1.807) is 18.7 Å². The Morgan fingerprint density at radius 1 is 1.48 bits per heavy atom. The van der Waals surface area contributed by atoms with Crippen molar-refractivity contribution in [1.29, 1.82) is 0 Å². The molecule has 1 aliphatic carbocycles. The topological polar surface area (TPSA) is 82.5 Å². The molecular weight excluding hydrogens is 290 g/mol. The van der Waals surface area contributed by atoms with E-state index in [-0.39, 0.29) is 11.8 Å². The summed E-state index contributed by atoms with van der Waals surface area (Å²) in [6.07, 6.45) is 3.32. The quantitative estimate of drug-likeness (QED) is 0.637. The van der Waals surface area contributed by atoms with E-state index in [1.807, 2.05) is 20.8 Å². The SMILES string of the molecule is Cc1ncc(C2(C(=O)N(C)[C@@H](C(=O)NO)C(C)C)CC2)s1. The molecule has 2 amide bonds. The number of rotatable bonds is 5. The lowest BCUT2D eigenvalue weighted by atomic mass is 9.98. The molecule has 0 aliphatic heterocycles. The highest BCUT2D eigenvalue weighted by molar-refractivity contribution is 7.11. The summed E-state index contributed by atoms with van der Waals surface area (Å²) in [5, 5.41) is 9.81. The van der Waals surface area contributed by atoms with Gasteiger partial charge in [0, 0.05) is 18.1 Å². The molecule has 1 aliphatic rings. The molecule has 21 heavy (non-hydrogen) atoms. The van der Waals surface area contributed by atoms with Crippen LogP contribution in [0, 0.1) is 12.8 Å². The van der Waals surface area contributed by atoms with Crippen molar-refractivity contribution in [2.45, 2.75) is 45.1 Å². The molecule has 0 spiro atoms. The van der Waals surface area contributed by atoms with E-state index in [2.05, 4.69) is 4.98 Å². The van der Waals surface area contributed by atoms with Crippen LogP contribution >= 0.6 is 11.3 Å². The van der Waals surface area contributed by atoms with Gasteiger partial charge in [-0.2, -0.15) is 0 Å². The Balaban J connectivity index is 2.24. The van der Waals surface area contributed by atoms with Gasteiger partial charge in [-0.15, -0.1) is 11.3 Å². The van der Waals surface area contributed by atoms with Gasteiger partial charge in [-0.05, 0) is 25.7 Å². The molecule has 0 saturated heterocycles. The Hall–Kier alpha value is -1.47. The number of hydrogen-bond donors (Lipinski definition) is 2. The molecule has 0 aromatic carbocycles. The van der Waals surface area contributed by atoms with Crippen molar-refractivity contribution in [3.05, 3.63) is 16.1 Å². The van der Waals surface area contributed by atoms with Crippen molar-refractivity contribution >= 4 is 23.2 Å². The van der Waals surface area contributed by atoms with Gasteiger partial charge in [0.2, 0.25) is 5.91 Å². The van der Waals surface area contributed by atoms with Crippen LogP contribution in [0.4, 0.5) is 0 Å². The number of thiazole rings is 1. The fourth-order valence-corrected chi connectivity index (χ4v) is 3.75. The van der Waals surface area contributed by atoms with Gasteiger partial charge in [-0.1, -0.05) is 13.8 Å². The Morgan fingerprint density at radius 2 is 2.10 bits per heavy atom. The Kier molecular flexibility index (Phi) is 4.34. The van der Waals surface area contributed by atoms with Crippen LogP contribution in [0.1, 0.15) is 36.6 Å². The maximum Gasteiger partial charge on any atom is 0.266 e. The molecule has 1 fully saturated rings. The van der Waals surface area contributed by atoms with Crippen LogP contribution in [0.2, 0.25) is 0 Å². The molecule has 2 N–H and O–H groups in total. The van der Waals surface area contributed by atoms with Crippen molar-refractivity contribution in [3.63, 3.8) is 0 Å². The van der Waals surface area contributed by atoms with E-state index < -0.39 is 17.4 Å². The zero-order valence-electron chi connectivity index (χ0n) is 12.7. The number of aromatic nitrogens is 1. The van der Waals surface area contributed by atoms with E-state index in [0.717, 1.165) is 22.7 Å². The van der Waals surface area contributed by atoms with Crippen LogP contribution in [-0.4, -0.2) is 40.0 Å². The second-order valence-corrected chi connectivity index (χ2v) is 7.14. The van der Waals surface area contributed by atoms with Gasteiger partial charge in [-0.25, -0.2) is 10.5 Å². The molecule has 2 rings (SSSR count). The summed E-state index contributed by atoms with van der Waals surface area (Å²) in [4.78, 5) is 31.3. The second kappa shape index (κ2) is 5.73. The van der Waals surface area contributed by atoms with E-state index in [9.17, 15) is 9.59 Å². The van der Waals surface area contributed by atoms with Crippen LogP contribution in [0.5, 0.6) is 0 Å². The number of carbonyl (C=O) groups is 2. The molecule has 1 aromatic rings. The number of nitrogens with one attached hydrogen (secondary N) is 1. The molecule has 1 aromatic heterocycles. The molecule has 1 saturated carbocycles. The Labute approximate surface area is 128 Å².